The highest BCUT2D eigenvalue weighted by Crippen LogP contribution is 2.41. The van der Waals surface area contributed by atoms with Crippen molar-refractivity contribution in [2.45, 2.75) is 56.4 Å². The molecule has 98 valence electrons. The Hall–Kier alpha value is -0.940. The van der Waals surface area contributed by atoms with Gasteiger partial charge in [-0.2, -0.15) is 0 Å². The SMILES string of the molecule is NC1(C(=O)Nc2nc(C3CC3)cs2)CCCCC1. The zero-order chi connectivity index (χ0) is 12.6. The maximum atomic E-state index is 12.2. The highest BCUT2D eigenvalue weighted by Gasteiger charge is 2.36. The van der Waals surface area contributed by atoms with Gasteiger partial charge in [-0.15, -0.1) is 11.3 Å². The van der Waals surface area contributed by atoms with Crippen LogP contribution in [0.3, 0.4) is 0 Å². The molecule has 0 saturated heterocycles. The zero-order valence-electron chi connectivity index (χ0n) is 10.4. The first kappa shape index (κ1) is 12.1. The van der Waals surface area contributed by atoms with Crippen molar-refractivity contribution in [1.82, 2.24) is 4.98 Å². The van der Waals surface area contributed by atoms with Gasteiger partial charge in [0, 0.05) is 11.3 Å². The van der Waals surface area contributed by atoms with Crippen LogP contribution in [0.25, 0.3) is 0 Å². The molecule has 1 heterocycles. The molecule has 2 aliphatic rings. The fourth-order valence-electron chi connectivity index (χ4n) is 2.54. The molecule has 1 aromatic heterocycles. The number of carbonyl (C=O) groups is 1. The Balaban J connectivity index is 1.65. The summed E-state index contributed by atoms with van der Waals surface area (Å²) in [6.07, 6.45) is 7.34. The van der Waals surface area contributed by atoms with Crippen molar-refractivity contribution in [2.24, 2.45) is 5.73 Å². The van der Waals surface area contributed by atoms with Gasteiger partial charge in [-0.25, -0.2) is 4.98 Å². The lowest BCUT2D eigenvalue weighted by atomic mass is 9.82. The summed E-state index contributed by atoms with van der Waals surface area (Å²) in [4.78, 5) is 16.7. The molecule has 0 bridgehead atoms. The predicted octanol–water partition coefficient (Wildman–Crippen LogP) is 2.62. The van der Waals surface area contributed by atoms with Crippen LogP contribution in [-0.2, 0) is 4.79 Å². The molecule has 0 aliphatic heterocycles. The number of nitrogens with one attached hydrogen (secondary N) is 1. The minimum absolute atomic E-state index is 0.0566. The van der Waals surface area contributed by atoms with Gasteiger partial charge < -0.3 is 11.1 Å². The van der Waals surface area contributed by atoms with Gasteiger partial charge >= 0.3 is 0 Å². The van der Waals surface area contributed by atoms with E-state index in [0.717, 1.165) is 31.4 Å². The van der Waals surface area contributed by atoms with Gasteiger partial charge in [0.2, 0.25) is 5.91 Å². The normalized spacial score (nSPS) is 22.7. The molecule has 4 nitrogen and oxygen atoms in total. The highest BCUT2D eigenvalue weighted by molar-refractivity contribution is 7.14. The van der Waals surface area contributed by atoms with E-state index < -0.39 is 5.54 Å². The Morgan fingerprint density at radius 3 is 2.78 bits per heavy atom. The molecule has 1 amide bonds. The van der Waals surface area contributed by atoms with Gasteiger partial charge in [-0.05, 0) is 25.7 Å². The smallest absolute Gasteiger partial charge is 0.246 e. The second-order valence-electron chi connectivity index (χ2n) is 5.52. The molecule has 5 heteroatoms. The molecule has 2 saturated carbocycles. The lowest BCUT2D eigenvalue weighted by Gasteiger charge is -2.31. The second kappa shape index (κ2) is 4.63. The van der Waals surface area contributed by atoms with Crippen LogP contribution < -0.4 is 11.1 Å². The van der Waals surface area contributed by atoms with E-state index in [1.54, 1.807) is 0 Å². The van der Waals surface area contributed by atoms with E-state index in [4.69, 9.17) is 5.73 Å². The number of rotatable bonds is 3. The third kappa shape index (κ3) is 2.42. The van der Waals surface area contributed by atoms with Crippen LogP contribution in [0, 0.1) is 0 Å². The molecule has 3 rings (SSSR count). The Labute approximate surface area is 111 Å². The molecule has 0 atom stereocenters. The van der Waals surface area contributed by atoms with E-state index in [2.05, 4.69) is 15.7 Å². The molecular formula is C13H19N3OS. The summed E-state index contributed by atoms with van der Waals surface area (Å²) in [6, 6.07) is 0. The summed E-state index contributed by atoms with van der Waals surface area (Å²) < 4.78 is 0. The number of carbonyl (C=O) groups excluding carboxylic acids is 1. The average molecular weight is 265 g/mol. The molecule has 0 radical (unpaired) electrons. The molecule has 0 unspecified atom stereocenters. The van der Waals surface area contributed by atoms with Crippen molar-refractivity contribution in [3.63, 3.8) is 0 Å². The zero-order valence-corrected chi connectivity index (χ0v) is 11.3. The second-order valence-corrected chi connectivity index (χ2v) is 6.38. The summed E-state index contributed by atoms with van der Waals surface area (Å²) in [6.45, 7) is 0. The lowest BCUT2D eigenvalue weighted by Crippen LogP contribution is -2.52. The Kier molecular flexibility index (Phi) is 3.11. The highest BCUT2D eigenvalue weighted by atomic mass is 32.1. The first-order chi connectivity index (χ1) is 8.67. The van der Waals surface area contributed by atoms with Gasteiger partial charge in [0.15, 0.2) is 5.13 Å². The fraction of sp³-hybridized carbons (Fsp3) is 0.692. The minimum Gasteiger partial charge on any atom is -0.317 e. The van der Waals surface area contributed by atoms with Crippen molar-refractivity contribution in [2.75, 3.05) is 5.32 Å². The monoisotopic (exact) mass is 265 g/mol. The lowest BCUT2D eigenvalue weighted by molar-refractivity contribution is -0.122. The first-order valence-corrected chi connectivity index (χ1v) is 7.61. The number of thiazole rings is 1. The number of nitrogens with zero attached hydrogens (tertiary/aromatic N) is 1. The van der Waals surface area contributed by atoms with Gasteiger partial charge in [0.25, 0.3) is 0 Å². The van der Waals surface area contributed by atoms with E-state index in [1.807, 2.05) is 0 Å². The third-order valence-corrected chi connectivity index (χ3v) is 4.71. The van der Waals surface area contributed by atoms with Crippen LogP contribution in [0.4, 0.5) is 5.13 Å². The van der Waals surface area contributed by atoms with Crippen LogP contribution >= 0.6 is 11.3 Å². The number of amides is 1. The molecule has 3 N–H and O–H groups in total. The molecule has 1 aromatic rings. The summed E-state index contributed by atoms with van der Waals surface area (Å²) in [5.74, 6) is 0.576. The van der Waals surface area contributed by atoms with Crippen molar-refractivity contribution < 1.29 is 4.79 Å². The summed E-state index contributed by atoms with van der Waals surface area (Å²) in [7, 11) is 0. The van der Waals surface area contributed by atoms with Crippen LogP contribution in [0.2, 0.25) is 0 Å². The maximum absolute atomic E-state index is 12.2. The number of nitrogens with two attached hydrogens (primary N) is 1. The van der Waals surface area contributed by atoms with Crippen molar-refractivity contribution >= 4 is 22.4 Å². The van der Waals surface area contributed by atoms with E-state index in [0.29, 0.717) is 11.0 Å². The van der Waals surface area contributed by atoms with Gasteiger partial charge in [-0.3, -0.25) is 4.79 Å². The fourth-order valence-corrected chi connectivity index (χ4v) is 3.33. The molecule has 2 fully saturated rings. The third-order valence-electron chi connectivity index (χ3n) is 3.94. The number of aromatic nitrogens is 1. The number of hydrogen-bond acceptors (Lipinski definition) is 4. The maximum Gasteiger partial charge on any atom is 0.246 e. The summed E-state index contributed by atoms with van der Waals surface area (Å²) in [5.41, 5.74) is 6.65. The molecule has 0 spiro atoms. The van der Waals surface area contributed by atoms with Crippen molar-refractivity contribution in [1.29, 1.82) is 0 Å². The average Bonchev–Trinajstić information content (AvgIpc) is 3.11. The van der Waals surface area contributed by atoms with Gasteiger partial charge in [-0.1, -0.05) is 19.3 Å². The largest absolute Gasteiger partial charge is 0.317 e. The van der Waals surface area contributed by atoms with Gasteiger partial charge in [0.1, 0.15) is 0 Å². The minimum atomic E-state index is -0.677. The van der Waals surface area contributed by atoms with E-state index >= 15 is 0 Å². The van der Waals surface area contributed by atoms with Crippen LogP contribution in [-0.4, -0.2) is 16.4 Å². The predicted molar refractivity (Wildman–Crippen MR) is 72.7 cm³/mol. The quantitative estimate of drug-likeness (QED) is 0.882. The van der Waals surface area contributed by atoms with Gasteiger partial charge in [0.05, 0.1) is 11.2 Å². The summed E-state index contributed by atoms with van der Waals surface area (Å²) >= 11 is 1.51. The van der Waals surface area contributed by atoms with Crippen LogP contribution in [0.5, 0.6) is 0 Å². The Morgan fingerprint density at radius 1 is 1.39 bits per heavy atom. The first-order valence-electron chi connectivity index (χ1n) is 6.73. The van der Waals surface area contributed by atoms with Crippen molar-refractivity contribution in [3.05, 3.63) is 11.1 Å². The number of hydrogen-bond donors (Lipinski definition) is 2. The van der Waals surface area contributed by atoms with Crippen LogP contribution in [0.15, 0.2) is 5.38 Å². The molecule has 18 heavy (non-hydrogen) atoms. The molecule has 2 aliphatic carbocycles. The van der Waals surface area contributed by atoms with Crippen LogP contribution in [0.1, 0.15) is 56.6 Å². The standard InChI is InChI=1S/C13H19N3OS/c14-13(6-2-1-3-7-13)11(17)16-12-15-10(8-18-12)9-4-5-9/h8-9H,1-7,14H2,(H,15,16,17). The van der Waals surface area contributed by atoms with E-state index in [1.165, 1.54) is 30.6 Å². The molecular weight excluding hydrogens is 246 g/mol. The summed E-state index contributed by atoms with van der Waals surface area (Å²) in [5, 5.41) is 5.66. The topological polar surface area (TPSA) is 68.0 Å². The van der Waals surface area contributed by atoms with Crippen molar-refractivity contribution in [3.8, 4) is 0 Å². The Morgan fingerprint density at radius 2 is 2.11 bits per heavy atom. The molecule has 0 aromatic carbocycles. The van der Waals surface area contributed by atoms with E-state index in [9.17, 15) is 4.79 Å². The number of anilines is 1. The van der Waals surface area contributed by atoms with E-state index in [-0.39, 0.29) is 5.91 Å². The Bertz CT molecular complexity index is 447.